The lowest BCUT2D eigenvalue weighted by Gasteiger charge is -2.06. The number of nitrogens with zero attached hydrogens (tertiary/aromatic N) is 1. The van der Waals surface area contributed by atoms with Gasteiger partial charge >= 0.3 is 5.97 Å². The average Bonchev–Trinajstić information content (AvgIpc) is 3.44. The van der Waals surface area contributed by atoms with Gasteiger partial charge in [-0.05, 0) is 48.8 Å². The third kappa shape index (κ3) is 3.40. The maximum Gasteiger partial charge on any atom is 0.303 e. The van der Waals surface area contributed by atoms with Gasteiger partial charge in [0.2, 0.25) is 0 Å². The van der Waals surface area contributed by atoms with E-state index in [1.807, 2.05) is 19.1 Å². The smallest absolute Gasteiger partial charge is 0.303 e. The van der Waals surface area contributed by atoms with Gasteiger partial charge in [0, 0.05) is 17.5 Å². The van der Waals surface area contributed by atoms with Gasteiger partial charge in [-0.2, -0.15) is 0 Å². The predicted octanol–water partition coefficient (Wildman–Crippen LogP) is 5.21. The van der Waals surface area contributed by atoms with Crippen LogP contribution in [-0.2, 0) is 11.2 Å². The van der Waals surface area contributed by atoms with Crippen LogP contribution in [0.5, 0.6) is 0 Å². The van der Waals surface area contributed by atoms with Gasteiger partial charge < -0.3 is 9.63 Å². The second-order valence-corrected chi connectivity index (χ2v) is 6.94. The molecule has 4 rings (SSSR count). The molecule has 4 nitrogen and oxygen atoms in total. The van der Waals surface area contributed by atoms with E-state index in [4.69, 9.17) is 9.63 Å². The van der Waals surface area contributed by atoms with E-state index in [1.165, 1.54) is 24.0 Å². The first-order valence-corrected chi connectivity index (χ1v) is 8.99. The van der Waals surface area contributed by atoms with Crippen LogP contribution >= 0.6 is 0 Å². The molecular formula is C22H21NO3. The summed E-state index contributed by atoms with van der Waals surface area (Å²) < 4.78 is 5.47. The molecule has 0 spiro atoms. The average molecular weight is 347 g/mol. The van der Waals surface area contributed by atoms with Gasteiger partial charge in [0.05, 0.1) is 5.69 Å². The number of hydrogen-bond donors (Lipinski definition) is 1. The number of benzene rings is 2. The van der Waals surface area contributed by atoms with E-state index in [1.54, 1.807) is 0 Å². The van der Waals surface area contributed by atoms with Crippen LogP contribution in [0.1, 0.15) is 42.0 Å². The summed E-state index contributed by atoms with van der Waals surface area (Å²) >= 11 is 0. The zero-order valence-corrected chi connectivity index (χ0v) is 14.7. The fraction of sp³-hybridized carbons (Fsp3) is 0.273. The van der Waals surface area contributed by atoms with Gasteiger partial charge in [-0.1, -0.05) is 53.7 Å². The summed E-state index contributed by atoms with van der Waals surface area (Å²) in [6, 6.07) is 17.0. The van der Waals surface area contributed by atoms with E-state index in [0.29, 0.717) is 12.2 Å². The Morgan fingerprint density at radius 1 is 1.04 bits per heavy atom. The molecule has 1 aliphatic rings. The fourth-order valence-corrected chi connectivity index (χ4v) is 3.32. The SMILES string of the molecule is Cc1noc(-c2ccc(-c3ccc(C4CC4)cc3)cc2)c1CCC(=O)O. The highest BCUT2D eigenvalue weighted by molar-refractivity contribution is 5.71. The van der Waals surface area contributed by atoms with Crippen molar-refractivity contribution in [3.8, 4) is 22.5 Å². The molecule has 1 aliphatic carbocycles. The monoisotopic (exact) mass is 347 g/mol. The second kappa shape index (κ2) is 6.79. The molecule has 4 heteroatoms. The van der Waals surface area contributed by atoms with Crippen molar-refractivity contribution < 1.29 is 14.4 Å². The molecule has 1 fully saturated rings. The molecule has 0 bridgehead atoms. The third-order valence-corrected chi connectivity index (χ3v) is 5.01. The van der Waals surface area contributed by atoms with Gasteiger partial charge in [0.15, 0.2) is 5.76 Å². The lowest BCUT2D eigenvalue weighted by atomic mass is 9.98. The van der Waals surface area contributed by atoms with Crippen molar-refractivity contribution in [3.63, 3.8) is 0 Å². The number of hydrogen-bond acceptors (Lipinski definition) is 3. The number of carboxylic acids is 1. The van der Waals surface area contributed by atoms with E-state index in [0.717, 1.165) is 28.3 Å². The molecule has 0 unspecified atom stereocenters. The zero-order valence-electron chi connectivity index (χ0n) is 14.7. The Morgan fingerprint density at radius 3 is 2.19 bits per heavy atom. The molecule has 0 aliphatic heterocycles. The first-order valence-electron chi connectivity index (χ1n) is 8.99. The molecule has 2 aromatic carbocycles. The maximum absolute atomic E-state index is 10.9. The normalized spacial score (nSPS) is 13.7. The van der Waals surface area contributed by atoms with Crippen LogP contribution in [0.4, 0.5) is 0 Å². The van der Waals surface area contributed by atoms with E-state index >= 15 is 0 Å². The molecule has 1 heterocycles. The quantitative estimate of drug-likeness (QED) is 0.665. The Labute approximate surface area is 152 Å². The van der Waals surface area contributed by atoms with E-state index in [9.17, 15) is 4.79 Å². The van der Waals surface area contributed by atoms with Gasteiger partial charge in [-0.15, -0.1) is 0 Å². The molecule has 1 saturated carbocycles. The number of aryl methyl sites for hydroxylation is 1. The summed E-state index contributed by atoms with van der Waals surface area (Å²) in [4.78, 5) is 10.9. The molecule has 0 radical (unpaired) electrons. The largest absolute Gasteiger partial charge is 0.481 e. The minimum absolute atomic E-state index is 0.0699. The van der Waals surface area contributed by atoms with Gasteiger partial charge in [-0.25, -0.2) is 0 Å². The second-order valence-electron chi connectivity index (χ2n) is 6.94. The molecule has 1 aromatic heterocycles. The molecule has 26 heavy (non-hydrogen) atoms. The van der Waals surface area contributed by atoms with Crippen molar-refractivity contribution >= 4 is 5.97 Å². The summed E-state index contributed by atoms with van der Waals surface area (Å²) in [7, 11) is 0. The first kappa shape index (κ1) is 16.6. The molecule has 132 valence electrons. The Hall–Kier alpha value is -2.88. The zero-order chi connectivity index (χ0) is 18.1. The van der Waals surface area contributed by atoms with Crippen LogP contribution in [-0.4, -0.2) is 16.2 Å². The fourth-order valence-electron chi connectivity index (χ4n) is 3.32. The van der Waals surface area contributed by atoms with E-state index < -0.39 is 5.97 Å². The van der Waals surface area contributed by atoms with E-state index in [-0.39, 0.29) is 6.42 Å². The van der Waals surface area contributed by atoms with Crippen molar-refractivity contribution in [2.24, 2.45) is 0 Å². The van der Waals surface area contributed by atoms with Crippen LogP contribution in [0, 0.1) is 6.92 Å². The van der Waals surface area contributed by atoms with Crippen LogP contribution in [0.25, 0.3) is 22.5 Å². The van der Waals surface area contributed by atoms with Crippen molar-refractivity contribution in [1.82, 2.24) is 5.16 Å². The minimum Gasteiger partial charge on any atom is -0.481 e. The molecule has 0 atom stereocenters. The lowest BCUT2D eigenvalue weighted by molar-refractivity contribution is -0.136. The Kier molecular flexibility index (Phi) is 4.33. The Morgan fingerprint density at radius 2 is 1.62 bits per heavy atom. The topological polar surface area (TPSA) is 63.3 Å². The van der Waals surface area contributed by atoms with Crippen molar-refractivity contribution in [2.45, 2.75) is 38.5 Å². The van der Waals surface area contributed by atoms with Crippen molar-refractivity contribution in [3.05, 3.63) is 65.4 Å². The standard InChI is InChI=1S/C22H21NO3/c1-14-20(12-13-21(24)25)22(26-23-14)19-10-8-18(9-11-19)17-6-4-16(5-7-17)15-2-3-15/h4-11,15H,2-3,12-13H2,1H3,(H,24,25). The van der Waals surface area contributed by atoms with Crippen LogP contribution in [0.3, 0.4) is 0 Å². The van der Waals surface area contributed by atoms with Gasteiger partial charge in [0.1, 0.15) is 0 Å². The highest BCUT2D eigenvalue weighted by Gasteiger charge is 2.23. The Bertz CT molecular complexity index is 919. The van der Waals surface area contributed by atoms with Gasteiger partial charge in [0.25, 0.3) is 0 Å². The summed E-state index contributed by atoms with van der Waals surface area (Å²) in [6.45, 7) is 1.85. The summed E-state index contributed by atoms with van der Waals surface area (Å²) in [5.41, 5.74) is 6.32. The van der Waals surface area contributed by atoms with Gasteiger partial charge in [-0.3, -0.25) is 4.79 Å². The third-order valence-electron chi connectivity index (χ3n) is 5.01. The van der Waals surface area contributed by atoms with Crippen molar-refractivity contribution in [2.75, 3.05) is 0 Å². The number of carboxylic acid groups (broad SMARTS) is 1. The highest BCUT2D eigenvalue weighted by Crippen LogP contribution is 2.40. The Balaban J connectivity index is 1.57. The number of aromatic nitrogens is 1. The summed E-state index contributed by atoms with van der Waals surface area (Å²) in [6.07, 6.45) is 3.12. The van der Waals surface area contributed by atoms with Crippen LogP contribution < -0.4 is 0 Å². The maximum atomic E-state index is 10.9. The number of aliphatic carboxylic acids is 1. The number of carbonyl (C=O) groups is 1. The number of rotatable bonds is 6. The summed E-state index contributed by atoms with van der Waals surface area (Å²) in [5.74, 6) is 0.617. The molecule has 3 aromatic rings. The minimum atomic E-state index is -0.818. The lowest BCUT2D eigenvalue weighted by Crippen LogP contribution is -1.99. The van der Waals surface area contributed by atoms with Crippen LogP contribution in [0.2, 0.25) is 0 Å². The molecule has 0 amide bonds. The summed E-state index contributed by atoms with van der Waals surface area (Å²) in [5, 5.41) is 12.9. The first-order chi connectivity index (χ1) is 12.6. The molecule has 1 N–H and O–H groups in total. The van der Waals surface area contributed by atoms with Crippen molar-refractivity contribution in [1.29, 1.82) is 0 Å². The highest BCUT2D eigenvalue weighted by atomic mass is 16.5. The molecular weight excluding hydrogens is 326 g/mol. The molecule has 0 saturated heterocycles. The van der Waals surface area contributed by atoms with Crippen LogP contribution in [0.15, 0.2) is 53.1 Å². The van der Waals surface area contributed by atoms with E-state index in [2.05, 4.69) is 41.6 Å². The predicted molar refractivity (Wildman–Crippen MR) is 100 cm³/mol.